The van der Waals surface area contributed by atoms with Gasteiger partial charge in [0.05, 0.1) is 0 Å². The van der Waals surface area contributed by atoms with Crippen LogP contribution in [-0.2, 0) is 0 Å². The molecule has 0 amide bonds. The van der Waals surface area contributed by atoms with Crippen LogP contribution in [0.25, 0.3) is 0 Å². The molecule has 0 N–H and O–H groups in total. The Morgan fingerprint density at radius 2 is 1.91 bits per heavy atom. The van der Waals surface area contributed by atoms with Crippen molar-refractivity contribution in [1.29, 1.82) is 0 Å². The Morgan fingerprint density at radius 3 is 2.91 bits per heavy atom. The van der Waals surface area contributed by atoms with Gasteiger partial charge in [0, 0.05) is 5.75 Å². The molecule has 0 atom stereocenters. The second-order valence-corrected chi connectivity index (χ2v) is 6.08. The highest BCUT2D eigenvalue weighted by Crippen LogP contribution is 2.35. The molecule has 1 aliphatic rings. The Kier molecular flexibility index (Phi) is 5.91. The van der Waals surface area contributed by atoms with Crippen LogP contribution in [0.4, 0.5) is 0 Å². The summed E-state index contributed by atoms with van der Waals surface area (Å²) in [4.78, 5) is 0. The Bertz CT molecular complexity index is 152. The van der Waals surface area contributed by atoms with Gasteiger partial charge in [-0.25, -0.2) is 0 Å². The van der Waals surface area contributed by atoms with Crippen molar-refractivity contribution in [2.75, 3.05) is 5.75 Å². The van der Waals surface area contributed by atoms with E-state index < -0.39 is 0 Å². The summed E-state index contributed by atoms with van der Waals surface area (Å²) in [6.07, 6.45) is 11.7. The van der Waals surface area contributed by atoms with E-state index in [1.54, 1.807) is 10.8 Å². The largest absolute Gasteiger partial charge is 0.0837 e. The molecule has 0 nitrogen and oxygen atoms in total. The van der Waals surface area contributed by atoms with Gasteiger partial charge in [-0.3, -0.25) is 0 Å². The van der Waals surface area contributed by atoms with Gasteiger partial charge in [0.15, 0.2) is 0 Å². The molecule has 11 heavy (non-hydrogen) atoms. The first-order chi connectivity index (χ1) is 5.50. The summed E-state index contributed by atoms with van der Waals surface area (Å²) in [7, 11) is 5.53. The normalized spacial score (nSPS) is 19.6. The van der Waals surface area contributed by atoms with Gasteiger partial charge in [-0.15, -0.1) is 0 Å². The minimum atomic E-state index is 1.17. The predicted octanol–water partition coefficient (Wildman–Crippen LogP) is 4.05. The van der Waals surface area contributed by atoms with Crippen LogP contribution in [0, 0.1) is 0 Å². The van der Waals surface area contributed by atoms with Gasteiger partial charge in [0.25, 0.3) is 0 Å². The molecule has 0 aromatic heterocycles. The third kappa shape index (κ3) is 5.53. The third-order valence-electron chi connectivity index (χ3n) is 1.06. The maximum absolute atomic E-state index is 2.20. The lowest BCUT2D eigenvalue weighted by Crippen LogP contribution is -1.67. The molecule has 0 spiro atoms. The highest BCUT2D eigenvalue weighted by molar-refractivity contribution is 9.09. The molecule has 0 aliphatic carbocycles. The van der Waals surface area contributed by atoms with Crippen molar-refractivity contribution in [3.05, 3.63) is 35.8 Å². The van der Waals surface area contributed by atoms with Gasteiger partial charge in [-0.1, -0.05) is 52.0 Å². The standard InChI is InChI=1S/C8H10S3/c1-2-4-6-8-10-11-9-7-5-3-1/h1-5,7H,6,8H2. The summed E-state index contributed by atoms with van der Waals surface area (Å²) in [6, 6.07) is 0. The minimum Gasteiger partial charge on any atom is -0.0837 e. The lowest BCUT2D eigenvalue weighted by molar-refractivity contribution is 1.25. The second kappa shape index (κ2) is 6.95. The SMILES string of the molecule is C1=CC=CSSSCCC=C1. The predicted molar refractivity (Wildman–Crippen MR) is 59.7 cm³/mol. The number of hydrogen-bond donors (Lipinski definition) is 0. The van der Waals surface area contributed by atoms with E-state index in [-0.39, 0.29) is 0 Å². The quantitative estimate of drug-likeness (QED) is 0.544. The molecular formula is C8H10S3. The smallest absolute Gasteiger partial charge is 0.00799 e. The molecule has 60 valence electrons. The third-order valence-corrected chi connectivity index (χ3v) is 4.84. The maximum atomic E-state index is 2.20. The van der Waals surface area contributed by atoms with Crippen molar-refractivity contribution in [1.82, 2.24) is 0 Å². The summed E-state index contributed by atoms with van der Waals surface area (Å²) >= 11 is 0. The van der Waals surface area contributed by atoms with Gasteiger partial charge in [0.2, 0.25) is 0 Å². The van der Waals surface area contributed by atoms with E-state index in [1.165, 1.54) is 12.2 Å². The zero-order valence-electron chi connectivity index (χ0n) is 6.10. The highest BCUT2D eigenvalue weighted by atomic mass is 33.5. The van der Waals surface area contributed by atoms with Gasteiger partial charge >= 0.3 is 0 Å². The van der Waals surface area contributed by atoms with Crippen molar-refractivity contribution in [3.8, 4) is 0 Å². The zero-order chi connectivity index (χ0) is 7.78. The number of allylic oxidation sites excluding steroid dienone is 5. The molecular weight excluding hydrogens is 192 g/mol. The maximum Gasteiger partial charge on any atom is 0.00799 e. The Balaban J connectivity index is 2.36. The molecule has 0 unspecified atom stereocenters. The fourth-order valence-corrected chi connectivity index (χ4v) is 3.65. The van der Waals surface area contributed by atoms with Crippen molar-refractivity contribution < 1.29 is 0 Å². The summed E-state index contributed by atoms with van der Waals surface area (Å²) in [5.41, 5.74) is 0. The van der Waals surface area contributed by atoms with E-state index >= 15 is 0 Å². The molecule has 1 heterocycles. The first-order valence-electron chi connectivity index (χ1n) is 3.43. The van der Waals surface area contributed by atoms with E-state index in [9.17, 15) is 0 Å². The Hall–Kier alpha value is 0.270. The van der Waals surface area contributed by atoms with Crippen LogP contribution in [0.1, 0.15) is 6.42 Å². The first-order valence-corrected chi connectivity index (χ1v) is 7.15. The van der Waals surface area contributed by atoms with Gasteiger partial charge in [0.1, 0.15) is 0 Å². The van der Waals surface area contributed by atoms with Crippen LogP contribution in [0.15, 0.2) is 35.8 Å². The van der Waals surface area contributed by atoms with Gasteiger partial charge < -0.3 is 0 Å². The van der Waals surface area contributed by atoms with Crippen LogP contribution in [0.2, 0.25) is 0 Å². The summed E-state index contributed by atoms with van der Waals surface area (Å²) in [5, 5.41) is 2.10. The molecule has 1 aliphatic heterocycles. The summed E-state index contributed by atoms with van der Waals surface area (Å²) in [5.74, 6) is 1.20. The summed E-state index contributed by atoms with van der Waals surface area (Å²) in [6.45, 7) is 0. The first kappa shape index (κ1) is 9.36. The average Bonchev–Trinajstić information content (AvgIpc) is 2.08. The lowest BCUT2D eigenvalue weighted by Gasteiger charge is -1.92. The van der Waals surface area contributed by atoms with E-state index in [0.29, 0.717) is 0 Å². The van der Waals surface area contributed by atoms with E-state index in [0.717, 1.165) is 0 Å². The minimum absolute atomic E-state index is 1.17. The van der Waals surface area contributed by atoms with E-state index in [4.69, 9.17) is 0 Å². The molecule has 0 saturated carbocycles. The van der Waals surface area contributed by atoms with E-state index in [1.807, 2.05) is 20.6 Å². The van der Waals surface area contributed by atoms with E-state index in [2.05, 4.69) is 35.8 Å². The monoisotopic (exact) mass is 202 g/mol. The van der Waals surface area contributed by atoms with Crippen molar-refractivity contribution in [2.24, 2.45) is 0 Å². The molecule has 0 saturated heterocycles. The number of hydrogen-bond acceptors (Lipinski definition) is 3. The summed E-state index contributed by atoms with van der Waals surface area (Å²) < 4.78 is 0. The fourth-order valence-electron chi connectivity index (χ4n) is 0.581. The number of rotatable bonds is 0. The fraction of sp³-hybridized carbons (Fsp3) is 0.250. The van der Waals surface area contributed by atoms with Crippen LogP contribution in [0.3, 0.4) is 0 Å². The molecule has 3 heteroatoms. The van der Waals surface area contributed by atoms with Gasteiger partial charge in [-0.2, -0.15) is 0 Å². The van der Waals surface area contributed by atoms with Crippen LogP contribution in [-0.4, -0.2) is 5.75 Å². The Labute approximate surface area is 79.4 Å². The van der Waals surface area contributed by atoms with Crippen LogP contribution >= 0.6 is 31.4 Å². The topological polar surface area (TPSA) is 0 Å². The average molecular weight is 202 g/mol. The lowest BCUT2D eigenvalue weighted by atomic mass is 10.4. The molecule has 0 aromatic rings. The van der Waals surface area contributed by atoms with Gasteiger partial charge in [-0.05, 0) is 21.7 Å². The van der Waals surface area contributed by atoms with Crippen LogP contribution < -0.4 is 0 Å². The molecule has 0 bridgehead atoms. The molecule has 1 rings (SSSR count). The molecule has 0 aromatic carbocycles. The van der Waals surface area contributed by atoms with Crippen molar-refractivity contribution in [2.45, 2.75) is 6.42 Å². The van der Waals surface area contributed by atoms with Crippen molar-refractivity contribution >= 4 is 31.4 Å². The second-order valence-electron chi connectivity index (χ2n) is 1.92. The Morgan fingerprint density at radius 1 is 1.00 bits per heavy atom. The van der Waals surface area contributed by atoms with Crippen molar-refractivity contribution in [3.63, 3.8) is 0 Å². The molecule has 0 fully saturated rings. The highest BCUT2D eigenvalue weighted by Gasteiger charge is 1.86. The van der Waals surface area contributed by atoms with Crippen LogP contribution in [0.5, 0.6) is 0 Å². The molecule has 0 radical (unpaired) electrons. The zero-order valence-corrected chi connectivity index (χ0v) is 8.55.